The minimum absolute atomic E-state index is 0.165. The number of ether oxygens (including phenoxy) is 1. The fourth-order valence-corrected chi connectivity index (χ4v) is 5.25. The predicted molar refractivity (Wildman–Crippen MR) is 131 cm³/mol. The van der Waals surface area contributed by atoms with E-state index in [-0.39, 0.29) is 11.3 Å². The van der Waals surface area contributed by atoms with Crippen molar-refractivity contribution in [3.05, 3.63) is 75.9 Å². The molecule has 2 aromatic carbocycles. The molecule has 1 saturated heterocycles. The lowest BCUT2D eigenvalue weighted by atomic mass is 9.80. The largest absolute Gasteiger partial charge is 0.381 e. The molecule has 5 rings (SSSR count). The summed E-state index contributed by atoms with van der Waals surface area (Å²) in [4.78, 5) is 22.3. The van der Waals surface area contributed by atoms with E-state index in [1.165, 1.54) is 0 Å². The van der Waals surface area contributed by atoms with E-state index in [0.29, 0.717) is 42.6 Å². The van der Waals surface area contributed by atoms with E-state index in [0.717, 1.165) is 34.7 Å². The molecule has 0 unspecified atom stereocenters. The first kappa shape index (κ1) is 22.9. The number of aryl methyl sites for hydroxylation is 1. The van der Waals surface area contributed by atoms with Crippen molar-refractivity contribution in [2.75, 3.05) is 19.8 Å². The van der Waals surface area contributed by atoms with Gasteiger partial charge >= 0.3 is 0 Å². The van der Waals surface area contributed by atoms with Crippen LogP contribution in [-0.4, -0.2) is 40.8 Å². The van der Waals surface area contributed by atoms with Gasteiger partial charge in [0.1, 0.15) is 5.01 Å². The van der Waals surface area contributed by atoms with Crippen molar-refractivity contribution in [1.82, 2.24) is 20.4 Å². The molecule has 0 spiro atoms. The quantitative estimate of drug-likeness (QED) is 0.427. The summed E-state index contributed by atoms with van der Waals surface area (Å²) < 4.78 is 10.7. The van der Waals surface area contributed by atoms with Gasteiger partial charge in [0.25, 0.3) is 5.91 Å². The average Bonchev–Trinajstić information content (AvgIpc) is 3.58. The Labute approximate surface area is 206 Å². The van der Waals surface area contributed by atoms with Gasteiger partial charge in [-0.2, -0.15) is 10.2 Å². The third kappa shape index (κ3) is 4.85. The minimum atomic E-state index is -0.300. The molecule has 35 heavy (non-hydrogen) atoms. The number of benzene rings is 2. The van der Waals surface area contributed by atoms with Crippen LogP contribution < -0.4 is 5.32 Å². The molecular weight excluding hydrogens is 462 g/mol. The summed E-state index contributed by atoms with van der Waals surface area (Å²) in [5, 5.41) is 19.1. The van der Waals surface area contributed by atoms with Gasteiger partial charge in [0.05, 0.1) is 17.3 Å². The maximum Gasteiger partial charge on any atom is 0.251 e. The van der Waals surface area contributed by atoms with Gasteiger partial charge in [0, 0.05) is 54.2 Å². The van der Waals surface area contributed by atoms with Crippen LogP contribution in [0.1, 0.15) is 39.7 Å². The van der Waals surface area contributed by atoms with Crippen LogP contribution in [0.2, 0.25) is 0 Å². The third-order valence-electron chi connectivity index (χ3n) is 6.22. The Balaban J connectivity index is 1.35. The highest BCUT2D eigenvalue weighted by Gasteiger charge is 2.38. The van der Waals surface area contributed by atoms with Crippen molar-refractivity contribution in [3.8, 4) is 28.7 Å². The van der Waals surface area contributed by atoms with E-state index in [1.807, 2.05) is 29.6 Å². The van der Waals surface area contributed by atoms with Crippen molar-refractivity contribution in [1.29, 1.82) is 5.26 Å². The molecule has 9 heteroatoms. The molecule has 1 N–H and O–H groups in total. The molecule has 1 aliphatic rings. The Hall–Kier alpha value is -3.87. The van der Waals surface area contributed by atoms with Crippen molar-refractivity contribution in [2.45, 2.75) is 25.2 Å². The van der Waals surface area contributed by atoms with Crippen LogP contribution in [-0.2, 0) is 10.2 Å². The summed E-state index contributed by atoms with van der Waals surface area (Å²) in [6.07, 6.45) is 1.55. The van der Waals surface area contributed by atoms with Crippen molar-refractivity contribution >= 4 is 17.2 Å². The molecule has 0 saturated carbocycles. The number of hydrogen-bond donors (Lipinski definition) is 1. The molecule has 0 radical (unpaired) electrons. The molecule has 0 atom stereocenters. The summed E-state index contributed by atoms with van der Waals surface area (Å²) in [6, 6.07) is 16.7. The number of amides is 1. The van der Waals surface area contributed by atoms with Gasteiger partial charge in [-0.15, -0.1) is 11.3 Å². The molecule has 1 fully saturated rings. The van der Waals surface area contributed by atoms with Gasteiger partial charge < -0.3 is 14.6 Å². The maximum absolute atomic E-state index is 13.1. The molecule has 4 aromatic rings. The Morgan fingerprint density at radius 3 is 2.66 bits per heavy atom. The molecule has 0 aliphatic carbocycles. The second-order valence-corrected chi connectivity index (χ2v) is 9.38. The van der Waals surface area contributed by atoms with Crippen LogP contribution >= 0.6 is 11.3 Å². The number of carbonyl (C=O) groups excluding carboxylic acids is 1. The normalized spacial score (nSPS) is 14.9. The standard InChI is InChI=1S/C26H23N5O3S/c1-17-29-23(31-34-17)20-3-2-4-21(13-20)24(32)28-16-26(9-11-33-12-10-26)25-30-22(15-35-25)19-7-5-18(14-27)6-8-19/h2-8,13,15H,9-12,16H2,1H3,(H,28,32). The Kier molecular flexibility index (Phi) is 6.40. The van der Waals surface area contributed by atoms with Crippen molar-refractivity contribution < 1.29 is 14.1 Å². The summed E-state index contributed by atoms with van der Waals surface area (Å²) >= 11 is 1.60. The molecule has 0 bridgehead atoms. The number of carbonyl (C=O) groups is 1. The Morgan fingerprint density at radius 1 is 1.14 bits per heavy atom. The molecule has 8 nitrogen and oxygen atoms in total. The van der Waals surface area contributed by atoms with Gasteiger partial charge in [-0.1, -0.05) is 29.4 Å². The van der Waals surface area contributed by atoms with E-state index in [4.69, 9.17) is 19.5 Å². The molecule has 1 aliphatic heterocycles. The zero-order valence-corrected chi connectivity index (χ0v) is 20.0. The Morgan fingerprint density at radius 2 is 1.94 bits per heavy atom. The number of thiazole rings is 1. The number of aromatic nitrogens is 3. The second-order valence-electron chi connectivity index (χ2n) is 8.52. The van der Waals surface area contributed by atoms with Crippen LogP contribution in [0.5, 0.6) is 0 Å². The number of nitrogens with zero attached hydrogens (tertiary/aromatic N) is 4. The fourth-order valence-electron chi connectivity index (χ4n) is 4.16. The van der Waals surface area contributed by atoms with Crippen LogP contribution in [0.4, 0.5) is 0 Å². The highest BCUT2D eigenvalue weighted by atomic mass is 32.1. The van der Waals surface area contributed by atoms with Gasteiger partial charge in [-0.3, -0.25) is 4.79 Å². The molecule has 3 heterocycles. The van der Waals surface area contributed by atoms with E-state index < -0.39 is 0 Å². The number of hydrogen-bond acceptors (Lipinski definition) is 8. The van der Waals surface area contributed by atoms with Crippen LogP contribution in [0, 0.1) is 18.3 Å². The van der Waals surface area contributed by atoms with Crippen LogP contribution in [0.15, 0.2) is 58.4 Å². The van der Waals surface area contributed by atoms with Gasteiger partial charge in [0.15, 0.2) is 0 Å². The first-order chi connectivity index (χ1) is 17.1. The second kappa shape index (κ2) is 9.78. The number of nitriles is 1. The summed E-state index contributed by atoms with van der Waals surface area (Å²) in [7, 11) is 0. The average molecular weight is 486 g/mol. The van der Waals surface area contributed by atoms with E-state index in [2.05, 4.69) is 21.5 Å². The lowest BCUT2D eigenvalue weighted by Crippen LogP contribution is -2.44. The van der Waals surface area contributed by atoms with Crippen molar-refractivity contribution in [2.24, 2.45) is 0 Å². The molecule has 1 amide bonds. The smallest absolute Gasteiger partial charge is 0.251 e. The molecular formula is C26H23N5O3S. The van der Waals surface area contributed by atoms with E-state index >= 15 is 0 Å². The number of nitrogens with one attached hydrogen (secondary N) is 1. The minimum Gasteiger partial charge on any atom is -0.381 e. The first-order valence-electron chi connectivity index (χ1n) is 11.3. The van der Waals surface area contributed by atoms with Crippen LogP contribution in [0.25, 0.3) is 22.6 Å². The van der Waals surface area contributed by atoms with Crippen molar-refractivity contribution in [3.63, 3.8) is 0 Å². The number of rotatable bonds is 6. The fraction of sp³-hybridized carbons (Fsp3) is 0.269. The third-order valence-corrected chi connectivity index (χ3v) is 7.30. The SMILES string of the molecule is Cc1nc(-c2cccc(C(=O)NCC3(c4nc(-c5ccc(C#N)cc5)cs4)CCOCC3)c2)no1. The summed E-state index contributed by atoms with van der Waals surface area (Å²) in [6.45, 7) is 3.43. The zero-order chi connectivity index (χ0) is 24.3. The van der Waals surface area contributed by atoms with E-state index in [9.17, 15) is 4.79 Å². The molecule has 2 aromatic heterocycles. The maximum atomic E-state index is 13.1. The highest BCUT2D eigenvalue weighted by molar-refractivity contribution is 7.10. The summed E-state index contributed by atoms with van der Waals surface area (Å²) in [5.74, 6) is 0.762. The van der Waals surface area contributed by atoms with Gasteiger partial charge in [-0.05, 0) is 37.1 Å². The van der Waals surface area contributed by atoms with Gasteiger partial charge in [0.2, 0.25) is 11.7 Å². The van der Waals surface area contributed by atoms with Crippen LogP contribution in [0.3, 0.4) is 0 Å². The van der Waals surface area contributed by atoms with Gasteiger partial charge in [-0.25, -0.2) is 4.98 Å². The zero-order valence-electron chi connectivity index (χ0n) is 19.2. The highest BCUT2D eigenvalue weighted by Crippen LogP contribution is 2.38. The van der Waals surface area contributed by atoms with E-state index in [1.54, 1.807) is 42.5 Å². The monoisotopic (exact) mass is 485 g/mol. The topological polar surface area (TPSA) is 114 Å². The predicted octanol–water partition coefficient (Wildman–Crippen LogP) is 4.52. The molecule has 176 valence electrons. The lowest BCUT2D eigenvalue weighted by molar-refractivity contribution is 0.0486. The Bertz CT molecular complexity index is 1380. The first-order valence-corrected chi connectivity index (χ1v) is 12.2. The lowest BCUT2D eigenvalue weighted by Gasteiger charge is -2.35. The summed E-state index contributed by atoms with van der Waals surface area (Å²) in [5.41, 5.74) is 3.41.